The molecule has 0 bridgehead atoms. The van der Waals surface area contributed by atoms with Crippen LogP contribution in [0.5, 0.6) is 5.75 Å². The van der Waals surface area contributed by atoms with E-state index in [-0.39, 0.29) is 24.6 Å². The average molecular weight is 306 g/mol. The second-order valence-corrected chi connectivity index (χ2v) is 6.06. The molecule has 1 saturated heterocycles. The van der Waals surface area contributed by atoms with Crippen molar-refractivity contribution in [2.24, 2.45) is 0 Å². The first-order valence-electron chi connectivity index (χ1n) is 7.99. The largest absolute Gasteiger partial charge is 0.491 e. The Balaban J connectivity index is 1.80. The van der Waals surface area contributed by atoms with Crippen molar-refractivity contribution >= 4 is 5.91 Å². The van der Waals surface area contributed by atoms with E-state index in [1.807, 2.05) is 38.1 Å². The normalized spacial score (nSPS) is 19.2. The summed E-state index contributed by atoms with van der Waals surface area (Å²) < 4.78 is 5.61. The minimum Gasteiger partial charge on any atom is -0.491 e. The van der Waals surface area contributed by atoms with Crippen molar-refractivity contribution in [1.29, 1.82) is 0 Å². The van der Waals surface area contributed by atoms with Gasteiger partial charge in [-0.15, -0.1) is 0 Å². The molecule has 0 saturated carbocycles. The van der Waals surface area contributed by atoms with E-state index in [4.69, 9.17) is 4.74 Å². The number of aliphatic hydroxyl groups is 1. The van der Waals surface area contributed by atoms with Gasteiger partial charge in [-0.05, 0) is 50.9 Å². The first-order valence-corrected chi connectivity index (χ1v) is 7.99. The van der Waals surface area contributed by atoms with Gasteiger partial charge in [0.25, 0.3) is 0 Å². The van der Waals surface area contributed by atoms with Crippen LogP contribution in [0, 0.1) is 0 Å². The van der Waals surface area contributed by atoms with Gasteiger partial charge in [0.1, 0.15) is 5.75 Å². The van der Waals surface area contributed by atoms with Gasteiger partial charge < -0.3 is 20.5 Å². The van der Waals surface area contributed by atoms with Crippen LogP contribution in [-0.4, -0.2) is 36.2 Å². The van der Waals surface area contributed by atoms with Crippen LogP contribution < -0.4 is 15.4 Å². The zero-order valence-corrected chi connectivity index (χ0v) is 13.3. The third-order valence-corrected chi connectivity index (χ3v) is 3.70. The van der Waals surface area contributed by atoms with Crippen molar-refractivity contribution in [3.8, 4) is 5.75 Å². The minimum atomic E-state index is -0.726. The minimum absolute atomic E-state index is 0.0203. The predicted octanol–water partition coefficient (Wildman–Crippen LogP) is 1.77. The SMILES string of the molecule is CC(C)Oc1cccc(C(O)CNC(=O)CC2CCCN2)c1. The van der Waals surface area contributed by atoms with Gasteiger partial charge in [0.2, 0.25) is 5.91 Å². The number of nitrogens with one attached hydrogen (secondary N) is 2. The van der Waals surface area contributed by atoms with Gasteiger partial charge in [0.15, 0.2) is 0 Å². The first kappa shape index (κ1) is 16.8. The molecule has 3 N–H and O–H groups in total. The Morgan fingerprint density at radius 2 is 2.32 bits per heavy atom. The van der Waals surface area contributed by atoms with Crippen LogP contribution in [0.2, 0.25) is 0 Å². The molecule has 2 rings (SSSR count). The Hall–Kier alpha value is -1.59. The third-order valence-electron chi connectivity index (χ3n) is 3.70. The molecule has 22 heavy (non-hydrogen) atoms. The van der Waals surface area contributed by atoms with Crippen LogP contribution >= 0.6 is 0 Å². The molecule has 0 spiro atoms. The zero-order chi connectivity index (χ0) is 15.9. The summed E-state index contributed by atoms with van der Waals surface area (Å²) in [6.45, 7) is 5.13. The number of hydrogen-bond donors (Lipinski definition) is 3. The van der Waals surface area contributed by atoms with E-state index in [1.165, 1.54) is 0 Å². The number of ether oxygens (including phenoxy) is 1. The van der Waals surface area contributed by atoms with Gasteiger partial charge in [-0.25, -0.2) is 0 Å². The molecule has 5 heteroatoms. The van der Waals surface area contributed by atoms with E-state index >= 15 is 0 Å². The lowest BCUT2D eigenvalue weighted by atomic mass is 10.1. The number of amides is 1. The Bertz CT molecular complexity index is 485. The molecule has 1 aromatic carbocycles. The highest BCUT2D eigenvalue weighted by Crippen LogP contribution is 2.20. The van der Waals surface area contributed by atoms with Gasteiger partial charge >= 0.3 is 0 Å². The summed E-state index contributed by atoms with van der Waals surface area (Å²) in [4.78, 5) is 11.9. The van der Waals surface area contributed by atoms with Gasteiger partial charge in [0.05, 0.1) is 12.2 Å². The van der Waals surface area contributed by atoms with Crippen molar-refractivity contribution in [3.63, 3.8) is 0 Å². The monoisotopic (exact) mass is 306 g/mol. The Kier molecular flexibility index (Phi) is 6.21. The fraction of sp³-hybridized carbons (Fsp3) is 0.588. The Labute approximate surface area is 132 Å². The summed E-state index contributed by atoms with van der Waals surface area (Å²) in [5.41, 5.74) is 0.748. The van der Waals surface area contributed by atoms with Crippen LogP contribution in [0.15, 0.2) is 24.3 Å². The Morgan fingerprint density at radius 3 is 3.00 bits per heavy atom. The number of rotatable bonds is 7. The quantitative estimate of drug-likeness (QED) is 0.718. The molecular weight excluding hydrogens is 280 g/mol. The molecule has 2 atom stereocenters. The van der Waals surface area contributed by atoms with E-state index in [0.717, 1.165) is 30.7 Å². The van der Waals surface area contributed by atoms with E-state index in [1.54, 1.807) is 0 Å². The molecule has 1 aliphatic rings. The lowest BCUT2D eigenvalue weighted by molar-refractivity contribution is -0.122. The summed E-state index contributed by atoms with van der Waals surface area (Å²) in [5.74, 6) is 0.709. The molecule has 0 aliphatic carbocycles. The molecular formula is C17H26N2O3. The maximum absolute atomic E-state index is 11.9. The van der Waals surface area contributed by atoms with E-state index in [9.17, 15) is 9.90 Å². The standard InChI is InChI=1S/C17H26N2O3/c1-12(2)22-15-7-3-5-13(9-15)16(20)11-19-17(21)10-14-6-4-8-18-14/h3,5,7,9,12,14,16,18,20H,4,6,8,10-11H2,1-2H3,(H,19,21). The number of hydrogen-bond acceptors (Lipinski definition) is 4. The lowest BCUT2D eigenvalue weighted by Gasteiger charge is -2.16. The number of benzene rings is 1. The van der Waals surface area contributed by atoms with Crippen molar-refractivity contribution in [2.75, 3.05) is 13.1 Å². The highest BCUT2D eigenvalue weighted by Gasteiger charge is 2.18. The topological polar surface area (TPSA) is 70.6 Å². The van der Waals surface area contributed by atoms with Crippen LogP contribution in [0.3, 0.4) is 0 Å². The van der Waals surface area contributed by atoms with Crippen molar-refractivity contribution in [3.05, 3.63) is 29.8 Å². The van der Waals surface area contributed by atoms with Crippen molar-refractivity contribution < 1.29 is 14.6 Å². The summed E-state index contributed by atoms with van der Waals surface area (Å²) in [7, 11) is 0. The van der Waals surface area contributed by atoms with Gasteiger partial charge in [-0.3, -0.25) is 4.79 Å². The second kappa shape index (κ2) is 8.15. The Morgan fingerprint density at radius 1 is 1.50 bits per heavy atom. The van der Waals surface area contributed by atoms with E-state index < -0.39 is 6.10 Å². The van der Waals surface area contributed by atoms with Crippen LogP contribution in [-0.2, 0) is 4.79 Å². The van der Waals surface area contributed by atoms with Crippen molar-refractivity contribution in [2.45, 2.75) is 51.4 Å². The smallest absolute Gasteiger partial charge is 0.221 e. The van der Waals surface area contributed by atoms with Gasteiger partial charge in [-0.1, -0.05) is 12.1 Å². The summed E-state index contributed by atoms with van der Waals surface area (Å²) in [5, 5.41) is 16.3. The summed E-state index contributed by atoms with van der Waals surface area (Å²) >= 11 is 0. The number of carbonyl (C=O) groups is 1. The molecule has 122 valence electrons. The molecule has 0 radical (unpaired) electrons. The van der Waals surface area contributed by atoms with Gasteiger partial charge in [-0.2, -0.15) is 0 Å². The van der Waals surface area contributed by atoms with Crippen LogP contribution in [0.1, 0.15) is 44.8 Å². The number of carbonyl (C=O) groups excluding carboxylic acids is 1. The number of aliphatic hydroxyl groups excluding tert-OH is 1. The second-order valence-electron chi connectivity index (χ2n) is 6.06. The highest BCUT2D eigenvalue weighted by atomic mass is 16.5. The molecule has 1 fully saturated rings. The summed E-state index contributed by atoms with van der Waals surface area (Å²) in [6.07, 6.45) is 2.01. The van der Waals surface area contributed by atoms with E-state index in [2.05, 4.69) is 10.6 Å². The predicted molar refractivity (Wildman–Crippen MR) is 85.8 cm³/mol. The third kappa shape index (κ3) is 5.31. The molecule has 5 nitrogen and oxygen atoms in total. The fourth-order valence-corrected chi connectivity index (χ4v) is 2.62. The van der Waals surface area contributed by atoms with Crippen molar-refractivity contribution in [1.82, 2.24) is 10.6 Å². The summed E-state index contributed by atoms with van der Waals surface area (Å²) in [6, 6.07) is 7.64. The average Bonchev–Trinajstić information content (AvgIpc) is 2.97. The zero-order valence-electron chi connectivity index (χ0n) is 13.3. The maximum Gasteiger partial charge on any atom is 0.221 e. The maximum atomic E-state index is 11.9. The highest BCUT2D eigenvalue weighted by molar-refractivity contribution is 5.76. The van der Waals surface area contributed by atoms with E-state index in [0.29, 0.717) is 6.42 Å². The molecule has 0 aromatic heterocycles. The van der Waals surface area contributed by atoms with Crippen LogP contribution in [0.4, 0.5) is 0 Å². The van der Waals surface area contributed by atoms with Gasteiger partial charge in [0, 0.05) is 19.0 Å². The fourth-order valence-electron chi connectivity index (χ4n) is 2.62. The molecule has 1 amide bonds. The molecule has 1 heterocycles. The first-order chi connectivity index (χ1) is 10.5. The molecule has 1 aromatic rings. The molecule has 2 unspecified atom stereocenters. The molecule has 1 aliphatic heterocycles. The van der Waals surface area contributed by atoms with Crippen LogP contribution in [0.25, 0.3) is 0 Å². The lowest BCUT2D eigenvalue weighted by Crippen LogP contribution is -2.34.